The minimum absolute atomic E-state index is 0.156. The minimum Gasteiger partial charge on any atom is -0.354 e. The fourth-order valence-electron chi connectivity index (χ4n) is 2.96. The predicted octanol–water partition coefficient (Wildman–Crippen LogP) is -1.29. The molecule has 3 amide bonds. The number of guanidine groups is 2. The summed E-state index contributed by atoms with van der Waals surface area (Å²) in [4.78, 5) is 45.5. The first-order valence-electron chi connectivity index (χ1n) is 9.79. The van der Waals surface area contributed by atoms with Gasteiger partial charge < -0.3 is 26.6 Å². The fourth-order valence-corrected chi connectivity index (χ4v) is 2.96. The van der Waals surface area contributed by atoms with E-state index in [4.69, 9.17) is 0 Å². The summed E-state index contributed by atoms with van der Waals surface area (Å²) in [7, 11) is 0. The average Bonchev–Trinajstić information content (AvgIpc) is 3.42. The Labute approximate surface area is 174 Å². The zero-order chi connectivity index (χ0) is 21.3. The van der Waals surface area contributed by atoms with E-state index in [0.717, 1.165) is 25.6 Å². The van der Waals surface area contributed by atoms with Gasteiger partial charge in [0.15, 0.2) is 0 Å². The first kappa shape index (κ1) is 21.1. The summed E-state index contributed by atoms with van der Waals surface area (Å²) in [5, 5.41) is 14.2. The molecular formula is C19H26N8O3. The van der Waals surface area contributed by atoms with E-state index in [1.54, 1.807) is 25.1 Å². The standard InChI is InChI=1S/C19H26N8O3/c1-13(25-12-28)10-23-16(29)11-24-17(30)14-3-2-4-15(9-14)26-19-22-7-8-27(19)18-20-5-6-21-18/h2-4,9,12-13H,5-8,10-11H2,1H3,(H,20,21)(H,22,26)(H,23,29)(H,24,30)(H,25,28). The molecule has 2 aliphatic heterocycles. The molecule has 0 spiro atoms. The molecule has 160 valence electrons. The molecular weight excluding hydrogens is 388 g/mol. The molecule has 0 radical (unpaired) electrons. The number of rotatable bonds is 8. The van der Waals surface area contributed by atoms with Gasteiger partial charge in [-0.15, -0.1) is 0 Å². The Morgan fingerprint density at radius 1 is 1.27 bits per heavy atom. The number of nitrogens with one attached hydrogen (secondary N) is 5. The maximum Gasteiger partial charge on any atom is 0.251 e. The molecule has 3 rings (SSSR count). The zero-order valence-corrected chi connectivity index (χ0v) is 16.8. The molecule has 11 heteroatoms. The Bertz CT molecular complexity index is 854. The predicted molar refractivity (Wildman–Crippen MR) is 113 cm³/mol. The molecule has 0 fully saturated rings. The Kier molecular flexibility index (Phi) is 7.19. The summed E-state index contributed by atoms with van der Waals surface area (Å²) in [6, 6.07) is 6.79. The fraction of sp³-hybridized carbons (Fsp3) is 0.421. The third-order valence-electron chi connectivity index (χ3n) is 4.50. The van der Waals surface area contributed by atoms with Gasteiger partial charge in [0, 0.05) is 36.9 Å². The molecule has 0 aromatic heterocycles. The van der Waals surface area contributed by atoms with E-state index in [-0.39, 0.29) is 30.9 Å². The lowest BCUT2D eigenvalue weighted by molar-refractivity contribution is -0.120. The van der Waals surface area contributed by atoms with Gasteiger partial charge in [0.05, 0.1) is 19.6 Å². The van der Waals surface area contributed by atoms with Gasteiger partial charge in [-0.1, -0.05) is 6.07 Å². The highest BCUT2D eigenvalue weighted by atomic mass is 16.2. The number of hydrogen-bond donors (Lipinski definition) is 5. The van der Waals surface area contributed by atoms with Crippen LogP contribution in [0.4, 0.5) is 5.69 Å². The number of benzene rings is 1. The Morgan fingerprint density at radius 2 is 2.13 bits per heavy atom. The van der Waals surface area contributed by atoms with Crippen LogP contribution in [0.25, 0.3) is 0 Å². The molecule has 1 aromatic carbocycles. The Balaban J connectivity index is 1.51. The van der Waals surface area contributed by atoms with Crippen molar-refractivity contribution < 1.29 is 14.4 Å². The van der Waals surface area contributed by atoms with E-state index in [1.807, 2.05) is 11.0 Å². The minimum atomic E-state index is -0.361. The van der Waals surface area contributed by atoms with Crippen LogP contribution in [-0.4, -0.2) is 80.4 Å². The largest absolute Gasteiger partial charge is 0.354 e. The molecule has 1 aromatic rings. The lowest BCUT2D eigenvalue weighted by Crippen LogP contribution is -2.43. The van der Waals surface area contributed by atoms with E-state index in [9.17, 15) is 14.4 Å². The van der Waals surface area contributed by atoms with Crippen molar-refractivity contribution in [3.8, 4) is 0 Å². The summed E-state index contributed by atoms with van der Waals surface area (Å²) >= 11 is 0. The van der Waals surface area contributed by atoms with Crippen LogP contribution in [0.1, 0.15) is 17.3 Å². The van der Waals surface area contributed by atoms with Crippen molar-refractivity contribution in [2.75, 3.05) is 44.6 Å². The van der Waals surface area contributed by atoms with E-state index in [0.29, 0.717) is 30.2 Å². The van der Waals surface area contributed by atoms with Crippen molar-refractivity contribution >= 4 is 35.8 Å². The number of aliphatic imine (C=N–C) groups is 2. The first-order chi connectivity index (χ1) is 14.6. The van der Waals surface area contributed by atoms with E-state index < -0.39 is 0 Å². The van der Waals surface area contributed by atoms with Gasteiger partial charge in [-0.25, -0.2) is 0 Å². The molecule has 1 unspecified atom stereocenters. The third-order valence-corrected chi connectivity index (χ3v) is 4.50. The number of amides is 3. The summed E-state index contributed by atoms with van der Waals surface area (Å²) < 4.78 is 0. The van der Waals surface area contributed by atoms with Gasteiger partial charge in [0.25, 0.3) is 5.91 Å². The molecule has 30 heavy (non-hydrogen) atoms. The second-order valence-corrected chi connectivity index (χ2v) is 6.87. The van der Waals surface area contributed by atoms with Gasteiger partial charge >= 0.3 is 0 Å². The highest BCUT2D eigenvalue weighted by Gasteiger charge is 2.24. The van der Waals surface area contributed by atoms with Crippen LogP contribution in [0.2, 0.25) is 0 Å². The quantitative estimate of drug-likeness (QED) is 0.336. The number of carbonyl (C=O) groups excluding carboxylic acids is 3. The second kappa shape index (κ2) is 10.2. The zero-order valence-electron chi connectivity index (χ0n) is 16.8. The molecule has 0 bridgehead atoms. The second-order valence-electron chi connectivity index (χ2n) is 6.87. The summed E-state index contributed by atoms with van der Waals surface area (Å²) in [6.07, 6.45) is 0.577. The average molecular weight is 414 g/mol. The highest BCUT2D eigenvalue weighted by molar-refractivity contribution is 6.07. The van der Waals surface area contributed by atoms with E-state index in [1.165, 1.54) is 0 Å². The Hall–Kier alpha value is -3.63. The first-order valence-corrected chi connectivity index (χ1v) is 9.79. The molecule has 2 aliphatic rings. The van der Waals surface area contributed by atoms with Crippen LogP contribution in [0.5, 0.6) is 0 Å². The molecule has 11 nitrogen and oxygen atoms in total. The molecule has 0 aliphatic carbocycles. The molecule has 0 saturated heterocycles. The lowest BCUT2D eigenvalue weighted by Gasteiger charge is -2.21. The van der Waals surface area contributed by atoms with Gasteiger partial charge in [-0.3, -0.25) is 29.3 Å². The smallest absolute Gasteiger partial charge is 0.251 e. The SMILES string of the molecule is CC(CNC(=O)CNC(=O)c1cccc(NC2=NCCN2C2=NCCN2)c1)NC=O. The van der Waals surface area contributed by atoms with Crippen LogP contribution in [0.15, 0.2) is 34.3 Å². The number of carbonyl (C=O) groups is 3. The van der Waals surface area contributed by atoms with Gasteiger partial charge in [0.2, 0.25) is 24.2 Å². The number of anilines is 1. The lowest BCUT2D eigenvalue weighted by atomic mass is 10.2. The maximum absolute atomic E-state index is 12.4. The van der Waals surface area contributed by atoms with Crippen LogP contribution in [0, 0.1) is 0 Å². The van der Waals surface area contributed by atoms with Crippen LogP contribution < -0.4 is 26.6 Å². The van der Waals surface area contributed by atoms with Crippen molar-refractivity contribution in [1.29, 1.82) is 0 Å². The summed E-state index contributed by atoms with van der Waals surface area (Å²) in [6.45, 7) is 4.85. The maximum atomic E-state index is 12.4. The van der Waals surface area contributed by atoms with Crippen molar-refractivity contribution in [2.45, 2.75) is 13.0 Å². The monoisotopic (exact) mass is 414 g/mol. The van der Waals surface area contributed by atoms with Gasteiger partial charge in [-0.05, 0) is 25.1 Å². The Morgan fingerprint density at radius 3 is 2.90 bits per heavy atom. The number of hydrogen-bond acceptors (Lipinski definition) is 8. The van der Waals surface area contributed by atoms with Crippen molar-refractivity contribution in [3.63, 3.8) is 0 Å². The van der Waals surface area contributed by atoms with Gasteiger partial charge in [-0.2, -0.15) is 0 Å². The molecule has 2 heterocycles. The summed E-state index contributed by atoms with van der Waals surface area (Å²) in [5.41, 5.74) is 1.13. The molecule has 5 N–H and O–H groups in total. The number of nitrogens with zero attached hydrogens (tertiary/aromatic N) is 3. The van der Waals surface area contributed by atoms with E-state index in [2.05, 4.69) is 36.6 Å². The van der Waals surface area contributed by atoms with Gasteiger partial charge in [0.1, 0.15) is 0 Å². The van der Waals surface area contributed by atoms with Crippen molar-refractivity contribution in [1.82, 2.24) is 26.2 Å². The van der Waals surface area contributed by atoms with Crippen molar-refractivity contribution in [2.24, 2.45) is 9.98 Å². The van der Waals surface area contributed by atoms with Crippen LogP contribution in [0.3, 0.4) is 0 Å². The third kappa shape index (κ3) is 5.69. The highest BCUT2D eigenvalue weighted by Crippen LogP contribution is 2.14. The van der Waals surface area contributed by atoms with Crippen LogP contribution >= 0.6 is 0 Å². The molecule has 0 saturated carbocycles. The van der Waals surface area contributed by atoms with E-state index >= 15 is 0 Å². The normalized spacial score (nSPS) is 16.1. The van der Waals surface area contributed by atoms with Crippen molar-refractivity contribution in [3.05, 3.63) is 29.8 Å². The van der Waals surface area contributed by atoms with Crippen LogP contribution in [-0.2, 0) is 9.59 Å². The summed E-state index contributed by atoms with van der Waals surface area (Å²) in [5.74, 6) is 0.785. The molecule has 1 atom stereocenters. The topological polar surface area (TPSA) is 139 Å².